The summed E-state index contributed by atoms with van der Waals surface area (Å²) in [6.07, 6.45) is 1.82. The standard InChI is InChI=1S/C12H14ClN3/c1-2-16-12(7-8-15-16)9-14-11-5-3-10(13)4-6-11/h3-8,14H,2,9H2,1H3. The molecule has 0 atom stereocenters. The molecule has 0 aliphatic rings. The van der Waals surface area contributed by atoms with E-state index in [0.29, 0.717) is 0 Å². The SMILES string of the molecule is CCn1nccc1CNc1ccc(Cl)cc1. The summed E-state index contributed by atoms with van der Waals surface area (Å²) in [6, 6.07) is 9.71. The van der Waals surface area contributed by atoms with Crippen LogP contribution < -0.4 is 5.32 Å². The molecule has 0 amide bonds. The minimum absolute atomic E-state index is 0.754. The fourth-order valence-electron chi connectivity index (χ4n) is 1.56. The number of anilines is 1. The number of aromatic nitrogens is 2. The molecule has 0 radical (unpaired) electrons. The summed E-state index contributed by atoms with van der Waals surface area (Å²) in [4.78, 5) is 0. The van der Waals surface area contributed by atoms with Crippen LogP contribution in [0.25, 0.3) is 0 Å². The average Bonchev–Trinajstić information content (AvgIpc) is 2.76. The van der Waals surface area contributed by atoms with Gasteiger partial charge in [-0.3, -0.25) is 4.68 Å². The third kappa shape index (κ3) is 2.55. The Morgan fingerprint density at radius 1 is 1.25 bits per heavy atom. The molecule has 0 fully saturated rings. The van der Waals surface area contributed by atoms with Crippen molar-refractivity contribution in [2.45, 2.75) is 20.0 Å². The lowest BCUT2D eigenvalue weighted by Gasteiger charge is -2.07. The fraction of sp³-hybridized carbons (Fsp3) is 0.250. The molecular formula is C12H14ClN3. The summed E-state index contributed by atoms with van der Waals surface area (Å²) in [5.41, 5.74) is 2.24. The van der Waals surface area contributed by atoms with Crippen LogP contribution in [0.3, 0.4) is 0 Å². The Balaban J connectivity index is 1.99. The second kappa shape index (κ2) is 5.03. The van der Waals surface area contributed by atoms with Crippen molar-refractivity contribution in [3.05, 3.63) is 47.2 Å². The number of benzene rings is 1. The van der Waals surface area contributed by atoms with Crippen LogP contribution in [-0.2, 0) is 13.1 Å². The summed E-state index contributed by atoms with van der Waals surface area (Å²) in [5, 5.41) is 8.30. The summed E-state index contributed by atoms with van der Waals surface area (Å²) >= 11 is 5.82. The summed E-state index contributed by atoms with van der Waals surface area (Å²) in [5.74, 6) is 0. The molecule has 0 aliphatic heterocycles. The van der Waals surface area contributed by atoms with Crippen molar-refractivity contribution < 1.29 is 0 Å². The Morgan fingerprint density at radius 2 is 2.00 bits per heavy atom. The first-order valence-corrected chi connectivity index (χ1v) is 5.67. The van der Waals surface area contributed by atoms with Crippen LogP contribution in [0, 0.1) is 0 Å². The molecule has 0 spiro atoms. The quantitative estimate of drug-likeness (QED) is 0.882. The van der Waals surface area contributed by atoms with Gasteiger partial charge in [-0.1, -0.05) is 11.6 Å². The Bertz CT molecular complexity index is 448. The number of hydrogen-bond donors (Lipinski definition) is 1. The van der Waals surface area contributed by atoms with Crippen LogP contribution in [0.2, 0.25) is 5.02 Å². The van der Waals surface area contributed by atoms with E-state index in [1.807, 2.05) is 41.2 Å². The van der Waals surface area contributed by atoms with Crippen molar-refractivity contribution >= 4 is 17.3 Å². The molecule has 84 valence electrons. The van der Waals surface area contributed by atoms with Gasteiger partial charge >= 0.3 is 0 Å². The normalized spacial score (nSPS) is 10.4. The molecule has 0 aliphatic carbocycles. The number of nitrogens with zero attached hydrogens (tertiary/aromatic N) is 2. The Morgan fingerprint density at radius 3 is 2.69 bits per heavy atom. The third-order valence-electron chi connectivity index (χ3n) is 2.42. The molecule has 1 aromatic carbocycles. The largest absolute Gasteiger partial charge is 0.379 e. The zero-order valence-corrected chi connectivity index (χ0v) is 9.91. The van der Waals surface area contributed by atoms with Gasteiger partial charge in [-0.25, -0.2) is 0 Å². The molecule has 16 heavy (non-hydrogen) atoms. The molecule has 0 unspecified atom stereocenters. The molecule has 0 saturated carbocycles. The Labute approximate surface area is 100 Å². The lowest BCUT2D eigenvalue weighted by atomic mass is 10.3. The molecule has 0 saturated heterocycles. The van der Waals surface area contributed by atoms with Crippen LogP contribution in [0.5, 0.6) is 0 Å². The first-order valence-electron chi connectivity index (χ1n) is 5.29. The summed E-state index contributed by atoms with van der Waals surface area (Å²) in [7, 11) is 0. The van der Waals surface area contributed by atoms with Crippen LogP contribution in [-0.4, -0.2) is 9.78 Å². The maximum absolute atomic E-state index is 5.82. The Kier molecular flexibility index (Phi) is 3.47. The number of nitrogens with one attached hydrogen (secondary N) is 1. The van der Waals surface area contributed by atoms with E-state index in [1.165, 1.54) is 5.69 Å². The van der Waals surface area contributed by atoms with Gasteiger partial charge in [-0.15, -0.1) is 0 Å². The minimum Gasteiger partial charge on any atom is -0.379 e. The minimum atomic E-state index is 0.754. The molecule has 2 rings (SSSR count). The molecule has 0 bridgehead atoms. The topological polar surface area (TPSA) is 29.9 Å². The van der Waals surface area contributed by atoms with Gasteiger partial charge in [0.15, 0.2) is 0 Å². The molecule has 4 heteroatoms. The molecule has 1 heterocycles. The number of hydrogen-bond acceptors (Lipinski definition) is 2. The zero-order valence-electron chi connectivity index (χ0n) is 9.15. The van der Waals surface area contributed by atoms with Crippen molar-refractivity contribution in [2.24, 2.45) is 0 Å². The van der Waals surface area contributed by atoms with E-state index < -0.39 is 0 Å². The van der Waals surface area contributed by atoms with Gasteiger partial charge in [0.1, 0.15) is 0 Å². The summed E-state index contributed by atoms with van der Waals surface area (Å²) < 4.78 is 1.98. The predicted molar refractivity (Wildman–Crippen MR) is 66.7 cm³/mol. The molecule has 2 aromatic rings. The molecule has 3 nitrogen and oxygen atoms in total. The third-order valence-corrected chi connectivity index (χ3v) is 2.67. The lowest BCUT2D eigenvalue weighted by molar-refractivity contribution is 0.627. The molecular weight excluding hydrogens is 222 g/mol. The second-order valence-electron chi connectivity index (χ2n) is 3.50. The van der Waals surface area contributed by atoms with E-state index in [2.05, 4.69) is 17.3 Å². The van der Waals surface area contributed by atoms with Gasteiger partial charge in [-0.2, -0.15) is 5.10 Å². The van der Waals surface area contributed by atoms with E-state index in [-0.39, 0.29) is 0 Å². The van der Waals surface area contributed by atoms with Gasteiger partial charge in [-0.05, 0) is 37.3 Å². The van der Waals surface area contributed by atoms with Crippen molar-refractivity contribution in [1.82, 2.24) is 9.78 Å². The highest BCUT2D eigenvalue weighted by molar-refractivity contribution is 6.30. The monoisotopic (exact) mass is 235 g/mol. The first-order chi connectivity index (χ1) is 7.79. The van der Waals surface area contributed by atoms with Crippen LogP contribution >= 0.6 is 11.6 Å². The van der Waals surface area contributed by atoms with Crippen molar-refractivity contribution in [1.29, 1.82) is 0 Å². The number of halogens is 1. The van der Waals surface area contributed by atoms with Crippen molar-refractivity contribution in [3.8, 4) is 0 Å². The predicted octanol–water partition coefficient (Wildman–Crippen LogP) is 3.17. The lowest BCUT2D eigenvalue weighted by Crippen LogP contribution is -2.07. The average molecular weight is 236 g/mol. The van der Waals surface area contributed by atoms with Crippen molar-refractivity contribution in [2.75, 3.05) is 5.32 Å². The van der Waals surface area contributed by atoms with E-state index in [4.69, 9.17) is 11.6 Å². The van der Waals surface area contributed by atoms with Crippen LogP contribution in [0.1, 0.15) is 12.6 Å². The fourth-order valence-corrected chi connectivity index (χ4v) is 1.68. The molecule has 1 N–H and O–H groups in total. The van der Waals surface area contributed by atoms with Crippen LogP contribution in [0.15, 0.2) is 36.5 Å². The van der Waals surface area contributed by atoms with Gasteiger partial charge in [0.25, 0.3) is 0 Å². The van der Waals surface area contributed by atoms with E-state index in [1.54, 1.807) is 0 Å². The van der Waals surface area contributed by atoms with Gasteiger partial charge in [0.05, 0.1) is 12.2 Å². The van der Waals surface area contributed by atoms with Gasteiger partial charge in [0, 0.05) is 23.5 Å². The van der Waals surface area contributed by atoms with E-state index in [9.17, 15) is 0 Å². The summed E-state index contributed by atoms with van der Waals surface area (Å²) in [6.45, 7) is 3.75. The first kappa shape index (κ1) is 11.0. The molecule has 1 aromatic heterocycles. The smallest absolute Gasteiger partial charge is 0.0575 e. The number of rotatable bonds is 4. The van der Waals surface area contributed by atoms with E-state index >= 15 is 0 Å². The highest BCUT2D eigenvalue weighted by Crippen LogP contribution is 2.14. The van der Waals surface area contributed by atoms with Gasteiger partial charge in [0.2, 0.25) is 0 Å². The van der Waals surface area contributed by atoms with Crippen molar-refractivity contribution in [3.63, 3.8) is 0 Å². The van der Waals surface area contributed by atoms with Crippen LogP contribution in [0.4, 0.5) is 5.69 Å². The van der Waals surface area contributed by atoms with E-state index in [0.717, 1.165) is 23.8 Å². The van der Waals surface area contributed by atoms with Gasteiger partial charge < -0.3 is 5.32 Å². The highest BCUT2D eigenvalue weighted by atomic mass is 35.5. The Hall–Kier alpha value is -1.48. The zero-order chi connectivity index (χ0) is 11.4. The second-order valence-corrected chi connectivity index (χ2v) is 3.94. The number of aryl methyl sites for hydroxylation is 1. The maximum Gasteiger partial charge on any atom is 0.0575 e. The maximum atomic E-state index is 5.82. The highest BCUT2D eigenvalue weighted by Gasteiger charge is 1.99.